The van der Waals surface area contributed by atoms with E-state index in [1.54, 1.807) is 25.1 Å². The van der Waals surface area contributed by atoms with Crippen LogP contribution in [0.15, 0.2) is 0 Å². The molecule has 0 aromatic heterocycles. The number of nitrogens with one attached hydrogen (secondary N) is 1. The number of rotatable bonds is 4. The number of piperidine rings is 1. The lowest BCUT2D eigenvalue weighted by Gasteiger charge is -2.36. The van der Waals surface area contributed by atoms with Gasteiger partial charge < -0.3 is 5.32 Å². The third-order valence-electron chi connectivity index (χ3n) is 3.47. The van der Waals surface area contributed by atoms with Crippen molar-refractivity contribution in [2.45, 2.75) is 70.7 Å². The minimum absolute atomic E-state index is 0.0120. The van der Waals surface area contributed by atoms with E-state index in [0.29, 0.717) is 12.6 Å². The van der Waals surface area contributed by atoms with Gasteiger partial charge in [-0.25, -0.2) is 8.42 Å². The summed E-state index contributed by atoms with van der Waals surface area (Å²) in [6.07, 6.45) is 3.46. The minimum atomic E-state index is -3.24. The summed E-state index contributed by atoms with van der Waals surface area (Å²) in [5.74, 6) is 0. The summed E-state index contributed by atoms with van der Waals surface area (Å²) in [6, 6.07) is 0.316. The van der Waals surface area contributed by atoms with Crippen molar-refractivity contribution in [1.82, 2.24) is 9.62 Å². The molecule has 1 atom stereocenters. The van der Waals surface area contributed by atoms with Crippen LogP contribution in [0.4, 0.5) is 0 Å². The molecule has 1 unspecified atom stereocenters. The minimum Gasteiger partial charge on any atom is -0.313 e. The molecule has 1 rings (SSSR count). The van der Waals surface area contributed by atoms with E-state index >= 15 is 0 Å². The second kappa shape index (κ2) is 5.88. The standard InChI is InChI=1S/C13H28N2O2S/c1-11(2)15(18(16,17)13(3,4)5)10-12-8-6-7-9-14-12/h11-12,14H,6-10H2,1-5H3. The molecule has 1 fully saturated rings. The highest BCUT2D eigenvalue weighted by molar-refractivity contribution is 7.90. The van der Waals surface area contributed by atoms with Gasteiger partial charge in [0.25, 0.3) is 0 Å². The molecule has 0 aromatic carbocycles. The van der Waals surface area contributed by atoms with Crippen LogP contribution >= 0.6 is 0 Å². The highest BCUT2D eigenvalue weighted by Gasteiger charge is 2.37. The molecule has 0 amide bonds. The lowest BCUT2D eigenvalue weighted by atomic mass is 10.1. The molecule has 1 aliphatic heterocycles. The van der Waals surface area contributed by atoms with E-state index in [-0.39, 0.29) is 6.04 Å². The molecule has 0 radical (unpaired) electrons. The molecule has 0 bridgehead atoms. The molecule has 5 heteroatoms. The van der Waals surface area contributed by atoms with Gasteiger partial charge in [-0.05, 0) is 54.0 Å². The first kappa shape index (κ1) is 15.9. The summed E-state index contributed by atoms with van der Waals surface area (Å²) in [5.41, 5.74) is 0. The van der Waals surface area contributed by atoms with Crippen LogP contribution in [0.2, 0.25) is 0 Å². The van der Waals surface area contributed by atoms with Crippen molar-refractivity contribution in [2.24, 2.45) is 0 Å². The summed E-state index contributed by atoms with van der Waals surface area (Å²) in [6.45, 7) is 10.8. The first-order valence-corrected chi connectivity index (χ1v) is 8.35. The maximum absolute atomic E-state index is 12.6. The van der Waals surface area contributed by atoms with E-state index in [0.717, 1.165) is 13.0 Å². The molecular formula is C13H28N2O2S. The molecule has 1 N–H and O–H groups in total. The Hall–Kier alpha value is -0.130. The van der Waals surface area contributed by atoms with Crippen molar-refractivity contribution < 1.29 is 8.42 Å². The summed E-state index contributed by atoms with van der Waals surface area (Å²) in [5, 5.41) is 3.42. The summed E-state index contributed by atoms with van der Waals surface area (Å²) in [4.78, 5) is 0. The van der Waals surface area contributed by atoms with Gasteiger partial charge in [-0.3, -0.25) is 0 Å². The molecule has 0 spiro atoms. The smallest absolute Gasteiger partial charge is 0.219 e. The number of hydrogen-bond donors (Lipinski definition) is 1. The van der Waals surface area contributed by atoms with Crippen LogP contribution in [0.1, 0.15) is 53.9 Å². The normalized spacial score (nSPS) is 22.7. The molecule has 1 aliphatic rings. The average Bonchev–Trinajstić information content (AvgIpc) is 2.25. The Kier molecular flexibility index (Phi) is 5.21. The van der Waals surface area contributed by atoms with Crippen molar-refractivity contribution in [3.8, 4) is 0 Å². The van der Waals surface area contributed by atoms with Crippen LogP contribution in [0.5, 0.6) is 0 Å². The van der Waals surface area contributed by atoms with E-state index in [2.05, 4.69) is 5.32 Å². The van der Waals surface area contributed by atoms with Crippen LogP contribution < -0.4 is 5.32 Å². The summed E-state index contributed by atoms with van der Waals surface area (Å²) in [7, 11) is -3.24. The zero-order chi connectivity index (χ0) is 14.0. The molecule has 0 aromatic rings. The van der Waals surface area contributed by atoms with Crippen LogP contribution in [-0.4, -0.2) is 42.6 Å². The Morgan fingerprint density at radius 2 is 1.89 bits per heavy atom. The van der Waals surface area contributed by atoms with Gasteiger partial charge in [-0.2, -0.15) is 4.31 Å². The van der Waals surface area contributed by atoms with Gasteiger partial charge in [-0.1, -0.05) is 6.42 Å². The third-order valence-corrected chi connectivity index (χ3v) is 6.21. The highest BCUT2D eigenvalue weighted by Crippen LogP contribution is 2.23. The van der Waals surface area contributed by atoms with Crippen LogP contribution in [-0.2, 0) is 10.0 Å². The van der Waals surface area contributed by atoms with Crippen LogP contribution in [0.3, 0.4) is 0 Å². The second-order valence-corrected chi connectivity index (χ2v) is 9.07. The molecule has 0 aliphatic carbocycles. The molecule has 108 valence electrons. The van der Waals surface area contributed by atoms with E-state index in [1.165, 1.54) is 12.8 Å². The number of sulfonamides is 1. The molecule has 1 saturated heterocycles. The lowest BCUT2D eigenvalue weighted by molar-refractivity contribution is 0.277. The Morgan fingerprint density at radius 3 is 2.28 bits per heavy atom. The van der Waals surface area contributed by atoms with Gasteiger partial charge in [-0.15, -0.1) is 0 Å². The van der Waals surface area contributed by atoms with Crippen LogP contribution in [0, 0.1) is 0 Å². The molecule has 4 nitrogen and oxygen atoms in total. The van der Waals surface area contributed by atoms with Gasteiger partial charge in [0.1, 0.15) is 0 Å². The van der Waals surface area contributed by atoms with Gasteiger partial charge in [0, 0.05) is 18.6 Å². The monoisotopic (exact) mass is 276 g/mol. The first-order valence-electron chi connectivity index (χ1n) is 6.91. The SMILES string of the molecule is CC(C)N(CC1CCCCN1)S(=O)(=O)C(C)(C)C. The first-order chi connectivity index (χ1) is 8.16. The third kappa shape index (κ3) is 3.68. The average molecular weight is 276 g/mol. The fraction of sp³-hybridized carbons (Fsp3) is 1.00. The van der Waals surface area contributed by atoms with Crippen molar-refractivity contribution in [2.75, 3.05) is 13.1 Å². The predicted octanol–water partition coefficient (Wildman–Crippen LogP) is 1.97. The number of nitrogens with zero attached hydrogens (tertiary/aromatic N) is 1. The summed E-state index contributed by atoms with van der Waals surface area (Å²) >= 11 is 0. The maximum atomic E-state index is 12.6. The van der Waals surface area contributed by atoms with E-state index < -0.39 is 14.8 Å². The Bertz CT molecular complexity index is 352. The predicted molar refractivity (Wildman–Crippen MR) is 76.2 cm³/mol. The topological polar surface area (TPSA) is 49.4 Å². The Labute approximate surface area is 112 Å². The molecule has 0 saturated carbocycles. The Balaban J connectivity index is 2.83. The van der Waals surface area contributed by atoms with Crippen molar-refractivity contribution in [3.05, 3.63) is 0 Å². The molecule has 1 heterocycles. The zero-order valence-corrected chi connectivity index (χ0v) is 13.2. The second-order valence-electron chi connectivity index (χ2n) is 6.43. The number of hydrogen-bond acceptors (Lipinski definition) is 3. The van der Waals surface area contributed by atoms with Crippen LogP contribution in [0.25, 0.3) is 0 Å². The van der Waals surface area contributed by atoms with Gasteiger partial charge in [0.05, 0.1) is 4.75 Å². The van der Waals surface area contributed by atoms with Gasteiger partial charge in [0.15, 0.2) is 0 Å². The van der Waals surface area contributed by atoms with Gasteiger partial charge in [0.2, 0.25) is 10.0 Å². The maximum Gasteiger partial charge on any atom is 0.219 e. The van der Waals surface area contributed by atoms with Crippen molar-refractivity contribution >= 4 is 10.0 Å². The van der Waals surface area contributed by atoms with Crippen molar-refractivity contribution in [1.29, 1.82) is 0 Å². The molecular weight excluding hydrogens is 248 g/mol. The Morgan fingerprint density at radius 1 is 1.28 bits per heavy atom. The zero-order valence-electron chi connectivity index (χ0n) is 12.4. The van der Waals surface area contributed by atoms with E-state index in [4.69, 9.17) is 0 Å². The molecule has 18 heavy (non-hydrogen) atoms. The largest absolute Gasteiger partial charge is 0.313 e. The summed E-state index contributed by atoms with van der Waals surface area (Å²) < 4.78 is 26.1. The fourth-order valence-electron chi connectivity index (χ4n) is 2.24. The van der Waals surface area contributed by atoms with E-state index in [9.17, 15) is 8.42 Å². The highest BCUT2D eigenvalue weighted by atomic mass is 32.2. The quantitative estimate of drug-likeness (QED) is 0.854. The fourth-order valence-corrected chi connectivity index (χ4v) is 3.87. The lowest BCUT2D eigenvalue weighted by Crippen LogP contribution is -2.52. The van der Waals surface area contributed by atoms with Gasteiger partial charge >= 0.3 is 0 Å². The van der Waals surface area contributed by atoms with E-state index in [1.807, 2.05) is 13.8 Å². The van der Waals surface area contributed by atoms with Crippen molar-refractivity contribution in [3.63, 3.8) is 0 Å².